The average molecular weight is 289 g/mol. The molecule has 3 nitrogen and oxygen atoms in total. The first-order valence-electron chi connectivity index (χ1n) is 7.00. The Kier molecular flexibility index (Phi) is 5.58. The van der Waals surface area contributed by atoms with Crippen LogP contribution in [0.3, 0.4) is 0 Å². The fourth-order valence-corrected chi connectivity index (χ4v) is 1.97. The van der Waals surface area contributed by atoms with E-state index < -0.39 is 0 Å². The molecule has 2 rings (SSSR count). The predicted molar refractivity (Wildman–Crippen MR) is 81.1 cm³/mol. The molecule has 0 atom stereocenters. The van der Waals surface area contributed by atoms with Gasteiger partial charge in [-0.3, -0.25) is 0 Å². The van der Waals surface area contributed by atoms with Crippen molar-refractivity contribution < 1.29 is 13.9 Å². The van der Waals surface area contributed by atoms with Gasteiger partial charge in [0.15, 0.2) is 0 Å². The lowest BCUT2D eigenvalue weighted by Crippen LogP contribution is -2.07. The van der Waals surface area contributed by atoms with Gasteiger partial charge in [-0.15, -0.1) is 0 Å². The lowest BCUT2D eigenvalue weighted by atomic mass is 10.2. The monoisotopic (exact) mass is 289 g/mol. The number of hydrogen-bond acceptors (Lipinski definition) is 3. The summed E-state index contributed by atoms with van der Waals surface area (Å²) in [6, 6.07) is 12.2. The molecular formula is C17H20FNO2. The Balaban J connectivity index is 1.76. The van der Waals surface area contributed by atoms with E-state index in [1.165, 1.54) is 12.1 Å². The zero-order chi connectivity index (χ0) is 15.1. The molecule has 0 fully saturated rings. The summed E-state index contributed by atoms with van der Waals surface area (Å²) in [6.07, 6.45) is 0.717. The number of benzene rings is 2. The smallest absolute Gasteiger partial charge is 0.126 e. The van der Waals surface area contributed by atoms with E-state index in [0.29, 0.717) is 25.5 Å². The fourth-order valence-electron chi connectivity index (χ4n) is 1.97. The van der Waals surface area contributed by atoms with Crippen molar-refractivity contribution in [1.29, 1.82) is 0 Å². The van der Waals surface area contributed by atoms with Crippen LogP contribution in [0.1, 0.15) is 17.5 Å². The van der Waals surface area contributed by atoms with Gasteiger partial charge in [0.05, 0.1) is 13.2 Å². The molecule has 4 heteroatoms. The summed E-state index contributed by atoms with van der Waals surface area (Å²) in [5.41, 5.74) is 7.56. The van der Waals surface area contributed by atoms with Gasteiger partial charge in [0.2, 0.25) is 0 Å². The van der Waals surface area contributed by atoms with Gasteiger partial charge in [-0.2, -0.15) is 0 Å². The van der Waals surface area contributed by atoms with Crippen LogP contribution in [-0.4, -0.2) is 13.2 Å². The van der Waals surface area contributed by atoms with Crippen LogP contribution in [-0.2, 0) is 6.54 Å². The Morgan fingerprint density at radius 2 is 1.71 bits per heavy atom. The van der Waals surface area contributed by atoms with E-state index in [1.54, 1.807) is 6.07 Å². The summed E-state index contributed by atoms with van der Waals surface area (Å²) >= 11 is 0. The van der Waals surface area contributed by atoms with E-state index in [-0.39, 0.29) is 5.82 Å². The Labute approximate surface area is 124 Å². The molecule has 0 spiro atoms. The van der Waals surface area contributed by atoms with Gasteiger partial charge in [0.1, 0.15) is 17.3 Å². The molecule has 0 radical (unpaired) electrons. The molecule has 112 valence electrons. The minimum Gasteiger partial charge on any atom is -0.493 e. The Bertz CT molecular complexity index is 587. The van der Waals surface area contributed by atoms with Crippen molar-refractivity contribution in [2.75, 3.05) is 13.2 Å². The second-order valence-corrected chi connectivity index (χ2v) is 4.77. The second kappa shape index (κ2) is 7.64. The Morgan fingerprint density at radius 3 is 2.48 bits per heavy atom. The van der Waals surface area contributed by atoms with Gasteiger partial charge >= 0.3 is 0 Å². The van der Waals surface area contributed by atoms with E-state index in [4.69, 9.17) is 15.2 Å². The van der Waals surface area contributed by atoms with Gasteiger partial charge in [0.25, 0.3) is 0 Å². The summed E-state index contributed by atoms with van der Waals surface area (Å²) in [6.45, 7) is 3.36. The number of rotatable bonds is 7. The number of ether oxygens (including phenoxy) is 2. The van der Waals surface area contributed by atoms with Crippen LogP contribution in [0.2, 0.25) is 0 Å². The first kappa shape index (κ1) is 15.3. The molecule has 2 aromatic carbocycles. The van der Waals surface area contributed by atoms with Crippen molar-refractivity contribution in [3.63, 3.8) is 0 Å². The lowest BCUT2D eigenvalue weighted by molar-refractivity contribution is 0.245. The van der Waals surface area contributed by atoms with Crippen LogP contribution in [0, 0.1) is 12.7 Å². The van der Waals surface area contributed by atoms with Crippen molar-refractivity contribution in [2.45, 2.75) is 19.9 Å². The molecule has 0 aromatic heterocycles. The molecule has 0 heterocycles. The number of hydrogen-bond donors (Lipinski definition) is 1. The molecule has 0 aliphatic heterocycles. The number of para-hydroxylation sites is 1. The molecule has 0 aliphatic rings. The Hall–Kier alpha value is -2.07. The number of aryl methyl sites for hydroxylation is 1. The van der Waals surface area contributed by atoms with Gasteiger partial charge < -0.3 is 15.2 Å². The number of nitrogens with two attached hydrogens (primary N) is 1. The fraction of sp³-hybridized carbons (Fsp3) is 0.294. The summed E-state index contributed by atoms with van der Waals surface area (Å²) in [4.78, 5) is 0. The van der Waals surface area contributed by atoms with Crippen molar-refractivity contribution in [1.82, 2.24) is 0 Å². The average Bonchev–Trinajstić information content (AvgIpc) is 2.50. The molecule has 0 saturated heterocycles. The van der Waals surface area contributed by atoms with Gasteiger partial charge in [-0.05, 0) is 24.6 Å². The largest absolute Gasteiger partial charge is 0.493 e. The van der Waals surface area contributed by atoms with Crippen LogP contribution < -0.4 is 15.2 Å². The van der Waals surface area contributed by atoms with E-state index in [0.717, 1.165) is 23.3 Å². The van der Waals surface area contributed by atoms with Crippen molar-refractivity contribution >= 4 is 0 Å². The second-order valence-electron chi connectivity index (χ2n) is 4.77. The quantitative estimate of drug-likeness (QED) is 0.794. The third kappa shape index (κ3) is 4.46. The molecule has 0 aliphatic carbocycles. The Morgan fingerprint density at radius 1 is 1.00 bits per heavy atom. The molecule has 2 aromatic rings. The summed E-state index contributed by atoms with van der Waals surface area (Å²) in [7, 11) is 0. The zero-order valence-electron chi connectivity index (χ0n) is 12.1. The lowest BCUT2D eigenvalue weighted by Gasteiger charge is -2.11. The van der Waals surface area contributed by atoms with Crippen LogP contribution in [0.5, 0.6) is 11.5 Å². The molecule has 0 amide bonds. The highest BCUT2D eigenvalue weighted by Gasteiger charge is 2.03. The summed E-state index contributed by atoms with van der Waals surface area (Å²) in [5.74, 6) is 1.10. The van der Waals surface area contributed by atoms with Crippen LogP contribution in [0.15, 0.2) is 42.5 Å². The minimum atomic E-state index is -0.288. The van der Waals surface area contributed by atoms with E-state index in [2.05, 4.69) is 0 Å². The highest BCUT2D eigenvalue weighted by molar-refractivity contribution is 5.33. The van der Waals surface area contributed by atoms with Crippen LogP contribution in [0.4, 0.5) is 4.39 Å². The van der Waals surface area contributed by atoms with Gasteiger partial charge in [-0.1, -0.05) is 24.3 Å². The van der Waals surface area contributed by atoms with Crippen molar-refractivity contribution in [3.05, 3.63) is 59.4 Å². The van der Waals surface area contributed by atoms with Crippen LogP contribution in [0.25, 0.3) is 0 Å². The number of halogens is 1. The van der Waals surface area contributed by atoms with E-state index in [1.807, 2.05) is 31.2 Å². The normalized spacial score (nSPS) is 10.4. The van der Waals surface area contributed by atoms with Gasteiger partial charge in [0, 0.05) is 24.6 Å². The SMILES string of the molecule is Cc1ccc(F)cc1OCCCOc1ccccc1CN. The molecule has 21 heavy (non-hydrogen) atoms. The predicted octanol–water partition coefficient (Wildman–Crippen LogP) is 3.44. The minimum absolute atomic E-state index is 0.288. The first-order chi connectivity index (χ1) is 10.2. The van der Waals surface area contributed by atoms with Crippen molar-refractivity contribution in [3.8, 4) is 11.5 Å². The molecule has 0 unspecified atom stereocenters. The standard InChI is InChI=1S/C17H20FNO2/c1-13-7-8-15(18)11-17(13)21-10-4-9-20-16-6-3-2-5-14(16)12-19/h2-3,5-8,11H,4,9-10,12,19H2,1H3. The van der Waals surface area contributed by atoms with Gasteiger partial charge in [-0.25, -0.2) is 4.39 Å². The highest BCUT2D eigenvalue weighted by Crippen LogP contribution is 2.19. The van der Waals surface area contributed by atoms with E-state index in [9.17, 15) is 4.39 Å². The van der Waals surface area contributed by atoms with Crippen molar-refractivity contribution in [2.24, 2.45) is 5.73 Å². The molecule has 0 saturated carbocycles. The maximum Gasteiger partial charge on any atom is 0.126 e. The van der Waals surface area contributed by atoms with Crippen LogP contribution >= 0.6 is 0 Å². The maximum atomic E-state index is 13.1. The first-order valence-corrected chi connectivity index (χ1v) is 7.00. The highest BCUT2D eigenvalue weighted by atomic mass is 19.1. The maximum absolute atomic E-state index is 13.1. The zero-order valence-corrected chi connectivity index (χ0v) is 12.1. The third-order valence-corrected chi connectivity index (χ3v) is 3.15. The summed E-state index contributed by atoms with van der Waals surface area (Å²) in [5, 5.41) is 0. The molecule has 2 N–H and O–H groups in total. The molecular weight excluding hydrogens is 269 g/mol. The summed E-state index contributed by atoms with van der Waals surface area (Å²) < 4.78 is 24.4. The molecule has 0 bridgehead atoms. The topological polar surface area (TPSA) is 44.5 Å². The third-order valence-electron chi connectivity index (χ3n) is 3.15. The van der Waals surface area contributed by atoms with E-state index >= 15 is 0 Å².